The second-order valence-corrected chi connectivity index (χ2v) is 5.31. The van der Waals surface area contributed by atoms with Crippen LogP contribution < -0.4 is 0 Å². The van der Waals surface area contributed by atoms with Crippen LogP contribution in [0.1, 0.15) is 27.0 Å². The number of carbonyl (C=O) groups is 1. The van der Waals surface area contributed by atoms with Gasteiger partial charge in [0.05, 0.1) is 23.3 Å². The molecule has 0 heterocycles. The number of halogens is 4. The summed E-state index contributed by atoms with van der Waals surface area (Å²) in [6.07, 6.45) is -4.08. The zero-order valence-electron chi connectivity index (χ0n) is 12.3. The van der Waals surface area contributed by atoms with Crippen LogP contribution in [0, 0.1) is 0 Å². The second-order valence-electron chi connectivity index (χ2n) is 4.93. The normalized spacial score (nSPS) is 11.3. The predicted octanol–water partition coefficient (Wildman–Crippen LogP) is 4.93. The van der Waals surface area contributed by atoms with Crippen LogP contribution in [0.15, 0.2) is 42.5 Å². The van der Waals surface area contributed by atoms with Crippen molar-refractivity contribution in [3.05, 3.63) is 69.7 Å². The Labute approximate surface area is 136 Å². The molecular formula is C17H14ClF3O2. The summed E-state index contributed by atoms with van der Waals surface area (Å²) < 4.78 is 44.1. The molecule has 0 fully saturated rings. The lowest BCUT2D eigenvalue weighted by atomic mass is 9.97. The molecule has 0 aliphatic rings. The first kappa shape index (κ1) is 17.3. The summed E-state index contributed by atoms with van der Waals surface area (Å²) in [5, 5.41) is -0.206. The number of hydrogen-bond donors (Lipinski definition) is 0. The first-order valence-corrected chi connectivity index (χ1v) is 7.23. The number of alkyl halides is 3. The number of rotatable bonds is 4. The maximum Gasteiger partial charge on any atom is 0.416 e. The van der Waals surface area contributed by atoms with Crippen molar-refractivity contribution < 1.29 is 22.7 Å². The van der Waals surface area contributed by atoms with E-state index < -0.39 is 17.7 Å². The highest BCUT2D eigenvalue weighted by molar-refractivity contribution is 6.34. The van der Waals surface area contributed by atoms with Gasteiger partial charge in [-0.3, -0.25) is 0 Å². The zero-order valence-corrected chi connectivity index (χ0v) is 13.0. The smallest absolute Gasteiger partial charge is 0.416 e. The van der Waals surface area contributed by atoms with Crippen LogP contribution in [0.25, 0.3) is 0 Å². The molecule has 0 atom stereocenters. The van der Waals surface area contributed by atoms with Crippen LogP contribution in [0.2, 0.25) is 5.02 Å². The van der Waals surface area contributed by atoms with Crippen molar-refractivity contribution in [3.8, 4) is 0 Å². The molecule has 2 aromatic rings. The third-order valence-corrected chi connectivity index (χ3v) is 3.89. The standard InChI is InChI=1S/C17H14ClF3O2/c1-23-16(22)13-9-10-14(17(19,20)21)12(15(13)18)8-7-11-5-3-2-4-6-11/h2-6,9-10H,7-8H2,1H3. The molecule has 0 spiro atoms. The van der Waals surface area contributed by atoms with E-state index in [0.29, 0.717) is 6.42 Å². The summed E-state index contributed by atoms with van der Waals surface area (Å²) in [5.74, 6) is -0.760. The highest BCUT2D eigenvalue weighted by atomic mass is 35.5. The van der Waals surface area contributed by atoms with Crippen molar-refractivity contribution in [1.29, 1.82) is 0 Å². The SMILES string of the molecule is COC(=O)c1ccc(C(F)(F)F)c(CCc2ccccc2)c1Cl. The largest absolute Gasteiger partial charge is 0.465 e. The highest BCUT2D eigenvalue weighted by Gasteiger charge is 2.35. The van der Waals surface area contributed by atoms with E-state index in [1.165, 1.54) is 0 Å². The molecule has 0 bridgehead atoms. The summed E-state index contributed by atoms with van der Waals surface area (Å²) in [4.78, 5) is 11.6. The number of carbonyl (C=O) groups excluding carboxylic acids is 1. The van der Waals surface area contributed by atoms with Gasteiger partial charge in [0.2, 0.25) is 0 Å². The molecule has 0 saturated carbocycles. The van der Waals surface area contributed by atoms with Crippen molar-refractivity contribution in [1.82, 2.24) is 0 Å². The van der Waals surface area contributed by atoms with E-state index in [9.17, 15) is 18.0 Å². The minimum absolute atomic E-state index is 0.0646. The van der Waals surface area contributed by atoms with Crippen molar-refractivity contribution in [3.63, 3.8) is 0 Å². The molecule has 0 aliphatic heterocycles. The summed E-state index contributed by atoms with van der Waals surface area (Å²) in [7, 11) is 1.15. The molecule has 0 saturated heterocycles. The summed E-state index contributed by atoms with van der Waals surface area (Å²) in [5.41, 5.74) is -0.0950. The fraction of sp³-hybridized carbons (Fsp3) is 0.235. The Morgan fingerprint density at radius 3 is 2.30 bits per heavy atom. The first-order chi connectivity index (χ1) is 10.8. The van der Waals surface area contributed by atoms with Gasteiger partial charge in [-0.15, -0.1) is 0 Å². The first-order valence-electron chi connectivity index (χ1n) is 6.85. The molecule has 2 rings (SSSR count). The number of aryl methyl sites for hydroxylation is 1. The van der Waals surface area contributed by atoms with Crippen LogP contribution in [0.3, 0.4) is 0 Å². The van der Waals surface area contributed by atoms with Gasteiger partial charge >= 0.3 is 12.1 Å². The average molecular weight is 343 g/mol. The fourth-order valence-electron chi connectivity index (χ4n) is 2.31. The van der Waals surface area contributed by atoms with E-state index in [-0.39, 0.29) is 22.6 Å². The van der Waals surface area contributed by atoms with E-state index in [4.69, 9.17) is 11.6 Å². The monoisotopic (exact) mass is 342 g/mol. The molecule has 6 heteroatoms. The molecule has 0 unspecified atom stereocenters. The minimum Gasteiger partial charge on any atom is -0.465 e. The van der Waals surface area contributed by atoms with Gasteiger partial charge in [-0.1, -0.05) is 41.9 Å². The van der Waals surface area contributed by atoms with Gasteiger partial charge in [0.25, 0.3) is 0 Å². The van der Waals surface area contributed by atoms with Gasteiger partial charge in [0.15, 0.2) is 0 Å². The molecule has 0 N–H and O–H groups in total. The Morgan fingerprint density at radius 2 is 1.74 bits per heavy atom. The molecule has 23 heavy (non-hydrogen) atoms. The third-order valence-electron chi connectivity index (χ3n) is 3.46. The van der Waals surface area contributed by atoms with E-state index in [0.717, 1.165) is 24.8 Å². The van der Waals surface area contributed by atoms with E-state index >= 15 is 0 Å². The fourth-order valence-corrected chi connectivity index (χ4v) is 2.65. The number of esters is 1. The molecule has 2 nitrogen and oxygen atoms in total. The Morgan fingerprint density at radius 1 is 1.09 bits per heavy atom. The topological polar surface area (TPSA) is 26.3 Å². The molecular weight excluding hydrogens is 329 g/mol. The highest BCUT2D eigenvalue weighted by Crippen LogP contribution is 2.37. The summed E-state index contributed by atoms with van der Waals surface area (Å²) in [6, 6.07) is 11.0. The Balaban J connectivity index is 2.42. The average Bonchev–Trinajstić information content (AvgIpc) is 2.52. The van der Waals surface area contributed by atoms with E-state index in [1.54, 1.807) is 0 Å². The van der Waals surface area contributed by atoms with Gasteiger partial charge < -0.3 is 4.74 Å². The molecule has 0 amide bonds. The Bertz CT molecular complexity index is 697. The van der Waals surface area contributed by atoms with Gasteiger partial charge in [-0.2, -0.15) is 13.2 Å². The number of benzene rings is 2. The maximum absolute atomic E-state index is 13.2. The van der Waals surface area contributed by atoms with Crippen molar-refractivity contribution >= 4 is 17.6 Å². The van der Waals surface area contributed by atoms with Crippen molar-refractivity contribution in [2.75, 3.05) is 7.11 Å². The molecule has 0 aromatic heterocycles. The van der Waals surface area contributed by atoms with Crippen molar-refractivity contribution in [2.24, 2.45) is 0 Å². The second kappa shape index (κ2) is 7.04. The zero-order chi connectivity index (χ0) is 17.0. The van der Waals surface area contributed by atoms with Crippen LogP contribution >= 0.6 is 11.6 Å². The van der Waals surface area contributed by atoms with Crippen LogP contribution in [-0.4, -0.2) is 13.1 Å². The van der Waals surface area contributed by atoms with Gasteiger partial charge in [0, 0.05) is 0 Å². The van der Waals surface area contributed by atoms with Crippen LogP contribution in [0.4, 0.5) is 13.2 Å². The summed E-state index contributed by atoms with van der Waals surface area (Å²) >= 11 is 6.06. The lowest BCUT2D eigenvalue weighted by molar-refractivity contribution is -0.138. The molecule has 122 valence electrons. The number of methoxy groups -OCH3 is 1. The third kappa shape index (κ3) is 4.05. The molecule has 0 radical (unpaired) electrons. The van der Waals surface area contributed by atoms with Gasteiger partial charge in [-0.05, 0) is 36.1 Å². The van der Waals surface area contributed by atoms with Gasteiger partial charge in [0.1, 0.15) is 0 Å². The Hall–Kier alpha value is -2.01. The quantitative estimate of drug-likeness (QED) is 0.736. The number of ether oxygens (including phenoxy) is 1. The van der Waals surface area contributed by atoms with E-state index in [1.807, 2.05) is 30.3 Å². The summed E-state index contributed by atoms with van der Waals surface area (Å²) in [6.45, 7) is 0. The Kier molecular flexibility index (Phi) is 5.31. The lowest BCUT2D eigenvalue weighted by Crippen LogP contribution is -2.13. The van der Waals surface area contributed by atoms with Gasteiger partial charge in [-0.25, -0.2) is 4.79 Å². The minimum atomic E-state index is -4.54. The molecule has 2 aromatic carbocycles. The van der Waals surface area contributed by atoms with E-state index in [2.05, 4.69) is 4.74 Å². The predicted molar refractivity (Wildman–Crippen MR) is 81.6 cm³/mol. The maximum atomic E-state index is 13.2. The van der Waals surface area contributed by atoms with Crippen molar-refractivity contribution in [2.45, 2.75) is 19.0 Å². The van der Waals surface area contributed by atoms with Crippen LogP contribution in [-0.2, 0) is 23.8 Å². The molecule has 0 aliphatic carbocycles. The number of hydrogen-bond acceptors (Lipinski definition) is 2. The van der Waals surface area contributed by atoms with Crippen LogP contribution in [0.5, 0.6) is 0 Å². The lowest BCUT2D eigenvalue weighted by Gasteiger charge is -2.16.